The first-order valence-corrected chi connectivity index (χ1v) is 9.75. The highest BCUT2D eigenvalue weighted by atomic mass is 35.5. The van der Waals surface area contributed by atoms with E-state index in [-0.39, 0.29) is 0 Å². The van der Waals surface area contributed by atoms with Crippen molar-refractivity contribution < 1.29 is 0 Å². The van der Waals surface area contributed by atoms with Crippen molar-refractivity contribution in [2.75, 3.05) is 6.54 Å². The van der Waals surface area contributed by atoms with Crippen LogP contribution in [0, 0.1) is 5.92 Å². The van der Waals surface area contributed by atoms with Gasteiger partial charge in [-0.3, -0.25) is 0 Å². The van der Waals surface area contributed by atoms with E-state index in [9.17, 15) is 0 Å². The van der Waals surface area contributed by atoms with Crippen molar-refractivity contribution in [1.82, 2.24) is 5.32 Å². The lowest BCUT2D eigenvalue weighted by Crippen LogP contribution is -2.42. The second-order valence-electron chi connectivity index (χ2n) is 6.07. The molecule has 0 bridgehead atoms. The van der Waals surface area contributed by atoms with Gasteiger partial charge in [-0.1, -0.05) is 56.5 Å². The van der Waals surface area contributed by atoms with Gasteiger partial charge in [0.2, 0.25) is 0 Å². The third kappa shape index (κ3) is 5.19. The summed E-state index contributed by atoms with van der Waals surface area (Å²) in [7, 11) is 0. The number of hydrogen-bond donors (Lipinski definition) is 1. The normalized spacial score (nSPS) is 26.0. The number of hydrogen-bond acceptors (Lipinski definition) is 2. The molecule has 1 aromatic rings. The topological polar surface area (TPSA) is 12.0 Å². The van der Waals surface area contributed by atoms with Crippen molar-refractivity contribution in [1.29, 1.82) is 0 Å². The summed E-state index contributed by atoms with van der Waals surface area (Å²) >= 11 is 8.38. The van der Waals surface area contributed by atoms with Gasteiger partial charge in [0.15, 0.2) is 0 Å². The van der Waals surface area contributed by atoms with Crippen LogP contribution in [0.5, 0.6) is 0 Å². The van der Waals surface area contributed by atoms with Gasteiger partial charge in [0.05, 0.1) is 0 Å². The minimum atomic E-state index is 0.676. The van der Waals surface area contributed by atoms with Gasteiger partial charge >= 0.3 is 0 Å². The van der Waals surface area contributed by atoms with Crippen molar-refractivity contribution in [2.45, 2.75) is 63.0 Å². The van der Waals surface area contributed by atoms with E-state index >= 15 is 0 Å². The van der Waals surface area contributed by atoms with Gasteiger partial charge in [0.1, 0.15) is 0 Å². The Labute approximate surface area is 139 Å². The molecular formula is C18H28ClNS. The van der Waals surface area contributed by atoms with Crippen LogP contribution in [0.25, 0.3) is 0 Å². The van der Waals surface area contributed by atoms with Crippen LogP contribution in [0.4, 0.5) is 0 Å². The molecule has 2 rings (SSSR count). The third-order valence-corrected chi connectivity index (χ3v) is 6.27. The Morgan fingerprint density at radius 2 is 2.05 bits per heavy atom. The minimum absolute atomic E-state index is 0.676. The highest BCUT2D eigenvalue weighted by Gasteiger charge is 2.29. The van der Waals surface area contributed by atoms with E-state index in [1.54, 1.807) is 0 Å². The Morgan fingerprint density at radius 1 is 1.24 bits per heavy atom. The molecule has 0 heterocycles. The van der Waals surface area contributed by atoms with Crippen LogP contribution < -0.4 is 5.32 Å². The molecule has 3 heteroatoms. The lowest BCUT2D eigenvalue weighted by atomic mass is 9.83. The van der Waals surface area contributed by atoms with Crippen LogP contribution in [-0.4, -0.2) is 17.8 Å². The van der Waals surface area contributed by atoms with Gasteiger partial charge < -0.3 is 5.32 Å². The van der Waals surface area contributed by atoms with E-state index in [4.69, 9.17) is 11.6 Å². The Hall–Kier alpha value is -0.180. The average Bonchev–Trinajstić information content (AvgIpc) is 2.49. The molecule has 0 aromatic heterocycles. The van der Waals surface area contributed by atoms with Gasteiger partial charge in [0.25, 0.3) is 0 Å². The maximum Gasteiger partial charge on any atom is 0.0446 e. The van der Waals surface area contributed by atoms with E-state index < -0.39 is 0 Å². The van der Waals surface area contributed by atoms with Crippen LogP contribution in [0.2, 0.25) is 5.02 Å². The van der Waals surface area contributed by atoms with Gasteiger partial charge in [0, 0.05) is 22.1 Å². The maximum absolute atomic E-state index is 6.29. The predicted molar refractivity (Wildman–Crippen MR) is 96.2 cm³/mol. The molecule has 1 fully saturated rings. The molecule has 0 radical (unpaired) electrons. The molecule has 1 N–H and O–H groups in total. The molecule has 3 unspecified atom stereocenters. The molecule has 0 spiro atoms. The molecular weight excluding hydrogens is 298 g/mol. The zero-order valence-corrected chi connectivity index (χ0v) is 14.8. The lowest BCUT2D eigenvalue weighted by molar-refractivity contribution is 0.289. The summed E-state index contributed by atoms with van der Waals surface area (Å²) in [5.74, 6) is 1.96. The quantitative estimate of drug-likeness (QED) is 0.708. The molecule has 1 aliphatic rings. The molecule has 21 heavy (non-hydrogen) atoms. The fourth-order valence-electron chi connectivity index (χ4n) is 3.37. The highest BCUT2D eigenvalue weighted by Crippen LogP contribution is 2.36. The van der Waals surface area contributed by atoms with E-state index in [0.717, 1.165) is 28.5 Å². The standard InChI is InChI=1S/C18H28ClNS/c1-3-7-14-10-11-17(20-4-2)18(12-14)21-13-15-8-5-6-9-16(15)19/h5-6,8-9,14,17-18,20H,3-4,7,10-13H2,1-2H3. The van der Waals surface area contributed by atoms with Crippen molar-refractivity contribution in [3.63, 3.8) is 0 Å². The van der Waals surface area contributed by atoms with E-state index in [0.29, 0.717) is 6.04 Å². The van der Waals surface area contributed by atoms with E-state index in [2.05, 4.69) is 43.1 Å². The van der Waals surface area contributed by atoms with Gasteiger partial charge in [-0.15, -0.1) is 0 Å². The van der Waals surface area contributed by atoms with Crippen LogP contribution in [0.3, 0.4) is 0 Å². The second kappa shape index (κ2) is 9.07. The predicted octanol–water partition coefficient (Wildman–Crippen LogP) is 5.52. The van der Waals surface area contributed by atoms with Crippen LogP contribution in [-0.2, 0) is 5.75 Å². The first-order valence-electron chi connectivity index (χ1n) is 8.33. The maximum atomic E-state index is 6.29. The Balaban J connectivity index is 1.94. The van der Waals surface area contributed by atoms with Gasteiger partial charge in [-0.05, 0) is 43.4 Å². The molecule has 0 amide bonds. The fourth-order valence-corrected chi connectivity index (χ4v) is 5.17. The zero-order valence-electron chi connectivity index (χ0n) is 13.3. The van der Waals surface area contributed by atoms with Crippen molar-refractivity contribution in [3.05, 3.63) is 34.9 Å². The van der Waals surface area contributed by atoms with Crippen LogP contribution in [0.15, 0.2) is 24.3 Å². The molecule has 0 aliphatic heterocycles. The Bertz CT molecular complexity index is 423. The highest BCUT2D eigenvalue weighted by molar-refractivity contribution is 7.99. The SMILES string of the molecule is CCCC1CCC(NCC)C(SCc2ccccc2Cl)C1. The number of benzene rings is 1. The van der Waals surface area contributed by atoms with Crippen molar-refractivity contribution >= 4 is 23.4 Å². The monoisotopic (exact) mass is 325 g/mol. The molecule has 118 valence electrons. The summed E-state index contributed by atoms with van der Waals surface area (Å²) < 4.78 is 0. The smallest absolute Gasteiger partial charge is 0.0446 e. The molecule has 1 aliphatic carbocycles. The minimum Gasteiger partial charge on any atom is -0.313 e. The molecule has 1 nitrogen and oxygen atoms in total. The first kappa shape index (κ1) is 17.2. The van der Waals surface area contributed by atoms with Crippen LogP contribution >= 0.6 is 23.4 Å². The third-order valence-electron chi connectivity index (χ3n) is 4.47. The van der Waals surface area contributed by atoms with Gasteiger partial charge in [-0.25, -0.2) is 0 Å². The molecule has 3 atom stereocenters. The summed E-state index contributed by atoms with van der Waals surface area (Å²) in [6.45, 7) is 5.60. The summed E-state index contributed by atoms with van der Waals surface area (Å²) in [4.78, 5) is 0. The fraction of sp³-hybridized carbons (Fsp3) is 0.667. The summed E-state index contributed by atoms with van der Waals surface area (Å²) in [6.07, 6.45) is 6.80. The van der Waals surface area contributed by atoms with Crippen LogP contribution in [0.1, 0.15) is 51.5 Å². The molecule has 1 aromatic carbocycles. The zero-order chi connectivity index (χ0) is 15.1. The molecule has 0 saturated heterocycles. The van der Waals surface area contributed by atoms with E-state index in [1.807, 2.05) is 12.1 Å². The van der Waals surface area contributed by atoms with E-state index in [1.165, 1.54) is 37.7 Å². The summed E-state index contributed by atoms with van der Waals surface area (Å²) in [5.41, 5.74) is 1.28. The first-order chi connectivity index (χ1) is 10.2. The van der Waals surface area contributed by atoms with Crippen molar-refractivity contribution in [3.8, 4) is 0 Å². The molecule has 1 saturated carbocycles. The Morgan fingerprint density at radius 3 is 2.76 bits per heavy atom. The lowest BCUT2D eigenvalue weighted by Gasteiger charge is -2.36. The second-order valence-corrected chi connectivity index (χ2v) is 7.71. The van der Waals surface area contributed by atoms with Gasteiger partial charge in [-0.2, -0.15) is 11.8 Å². The number of rotatable bonds is 7. The number of nitrogens with one attached hydrogen (secondary N) is 1. The number of halogens is 1. The van der Waals surface area contributed by atoms with Crippen molar-refractivity contribution in [2.24, 2.45) is 5.92 Å². The Kier molecular flexibility index (Phi) is 7.42. The summed E-state index contributed by atoms with van der Waals surface area (Å²) in [5, 5.41) is 5.33. The number of thioether (sulfide) groups is 1. The average molecular weight is 326 g/mol. The summed E-state index contributed by atoms with van der Waals surface area (Å²) in [6, 6.07) is 8.93. The largest absolute Gasteiger partial charge is 0.313 e.